The van der Waals surface area contributed by atoms with Gasteiger partial charge in [0.15, 0.2) is 0 Å². The Labute approximate surface area is 127 Å². The van der Waals surface area contributed by atoms with E-state index < -0.39 is 0 Å². The maximum absolute atomic E-state index is 3.58. The summed E-state index contributed by atoms with van der Waals surface area (Å²) in [6, 6.07) is 11.5. The number of rotatable bonds is 6. The molecule has 3 heteroatoms. The molecule has 0 radical (unpaired) electrons. The van der Waals surface area contributed by atoms with Crippen molar-refractivity contribution in [2.24, 2.45) is 0 Å². The smallest absolute Gasteiger partial charge is 0.0323 e. The van der Waals surface area contributed by atoms with Crippen molar-refractivity contribution in [3.8, 4) is 0 Å². The van der Waals surface area contributed by atoms with Gasteiger partial charge >= 0.3 is 0 Å². The first-order chi connectivity index (χ1) is 8.79. The van der Waals surface area contributed by atoms with E-state index in [1.54, 1.807) is 11.3 Å². The Balaban J connectivity index is 2.01. The van der Waals surface area contributed by atoms with Crippen molar-refractivity contribution >= 4 is 33.9 Å². The largest absolute Gasteiger partial charge is 0.310 e. The van der Waals surface area contributed by atoms with E-state index in [0.717, 1.165) is 19.4 Å². The molecule has 1 N–H and O–H groups in total. The molecule has 1 aromatic carbocycles. The van der Waals surface area contributed by atoms with E-state index in [0.29, 0.717) is 6.04 Å². The van der Waals surface area contributed by atoms with Crippen LogP contribution in [0.3, 0.4) is 0 Å². The van der Waals surface area contributed by atoms with E-state index in [2.05, 4.69) is 75.9 Å². The van der Waals surface area contributed by atoms with Crippen LogP contribution in [0.15, 0.2) is 41.1 Å². The summed E-state index contributed by atoms with van der Waals surface area (Å²) in [6.07, 6.45) is 2.30. The van der Waals surface area contributed by atoms with E-state index in [-0.39, 0.29) is 0 Å². The van der Waals surface area contributed by atoms with E-state index in [4.69, 9.17) is 0 Å². The molecule has 0 aliphatic heterocycles. The lowest BCUT2D eigenvalue weighted by atomic mass is 10.00. The Morgan fingerprint density at radius 2 is 2.00 bits per heavy atom. The van der Waals surface area contributed by atoms with Crippen molar-refractivity contribution in [3.05, 3.63) is 55.8 Å². The van der Waals surface area contributed by atoms with Crippen molar-refractivity contribution in [2.75, 3.05) is 6.54 Å². The lowest BCUT2D eigenvalue weighted by Gasteiger charge is -2.18. The van der Waals surface area contributed by atoms with Gasteiger partial charge in [0, 0.05) is 9.61 Å². The lowest BCUT2D eigenvalue weighted by Crippen LogP contribution is -2.21. The number of thiophene rings is 1. The molecule has 0 aliphatic rings. The molecule has 0 saturated carbocycles. The first-order valence-corrected chi connectivity index (χ1v) is 8.31. The maximum atomic E-state index is 3.58. The molecule has 0 bridgehead atoms. The second-order valence-corrected chi connectivity index (χ2v) is 6.36. The van der Waals surface area contributed by atoms with Gasteiger partial charge in [-0.15, -0.1) is 0 Å². The molecule has 0 saturated heterocycles. The molecule has 1 heterocycles. The van der Waals surface area contributed by atoms with Crippen molar-refractivity contribution in [1.29, 1.82) is 0 Å². The highest BCUT2D eigenvalue weighted by atomic mass is 127. The van der Waals surface area contributed by atoms with Gasteiger partial charge in [-0.2, -0.15) is 11.3 Å². The number of aryl methyl sites for hydroxylation is 1. The van der Waals surface area contributed by atoms with Crippen LogP contribution in [0.5, 0.6) is 0 Å². The topological polar surface area (TPSA) is 12.0 Å². The minimum atomic E-state index is 0.465. The quantitative estimate of drug-likeness (QED) is 0.730. The van der Waals surface area contributed by atoms with Crippen molar-refractivity contribution in [1.82, 2.24) is 5.32 Å². The molecule has 1 aromatic heterocycles. The highest BCUT2D eigenvalue weighted by Crippen LogP contribution is 2.21. The molecular formula is C15H18INS. The zero-order valence-electron chi connectivity index (χ0n) is 10.5. The van der Waals surface area contributed by atoms with Gasteiger partial charge < -0.3 is 5.32 Å². The monoisotopic (exact) mass is 371 g/mol. The molecule has 0 amide bonds. The van der Waals surface area contributed by atoms with Crippen LogP contribution in [0.4, 0.5) is 0 Å². The molecule has 2 rings (SSSR count). The highest BCUT2D eigenvalue weighted by Gasteiger charge is 2.10. The van der Waals surface area contributed by atoms with Crippen LogP contribution in [0.25, 0.3) is 0 Å². The molecule has 1 nitrogen and oxygen atoms in total. The normalized spacial score (nSPS) is 12.6. The molecule has 0 aliphatic carbocycles. The number of benzene rings is 1. The van der Waals surface area contributed by atoms with Crippen LogP contribution in [-0.4, -0.2) is 6.54 Å². The second-order valence-electron chi connectivity index (χ2n) is 4.33. The SMILES string of the molecule is CCNC(CCc1ccsc1)c1ccc(I)cc1. The third-order valence-electron chi connectivity index (χ3n) is 3.02. The summed E-state index contributed by atoms with van der Waals surface area (Å²) in [5.74, 6) is 0. The summed E-state index contributed by atoms with van der Waals surface area (Å²) in [6.45, 7) is 3.19. The first-order valence-electron chi connectivity index (χ1n) is 6.29. The number of halogens is 1. The Kier molecular flexibility index (Phi) is 5.66. The van der Waals surface area contributed by atoms with Crippen molar-refractivity contribution < 1.29 is 0 Å². The molecule has 1 atom stereocenters. The third-order valence-corrected chi connectivity index (χ3v) is 4.48. The van der Waals surface area contributed by atoms with Gasteiger partial charge in [0.25, 0.3) is 0 Å². The predicted octanol–water partition coefficient (Wildman–Crippen LogP) is 4.64. The average molecular weight is 371 g/mol. The number of nitrogens with one attached hydrogen (secondary N) is 1. The lowest BCUT2D eigenvalue weighted by molar-refractivity contribution is 0.515. The van der Waals surface area contributed by atoms with E-state index in [1.165, 1.54) is 14.7 Å². The van der Waals surface area contributed by atoms with E-state index in [1.807, 2.05) is 0 Å². The number of hydrogen-bond acceptors (Lipinski definition) is 2. The van der Waals surface area contributed by atoms with Crippen LogP contribution >= 0.6 is 33.9 Å². The molecule has 0 spiro atoms. The van der Waals surface area contributed by atoms with Crippen molar-refractivity contribution in [2.45, 2.75) is 25.8 Å². The minimum Gasteiger partial charge on any atom is -0.310 e. The van der Waals surface area contributed by atoms with Gasteiger partial charge in [-0.1, -0.05) is 19.1 Å². The molecular weight excluding hydrogens is 353 g/mol. The van der Waals surface area contributed by atoms with Gasteiger partial charge in [0.2, 0.25) is 0 Å². The summed E-state index contributed by atoms with van der Waals surface area (Å²) < 4.78 is 1.30. The molecule has 96 valence electrons. The average Bonchev–Trinajstić information content (AvgIpc) is 2.89. The third kappa shape index (κ3) is 4.07. The molecule has 0 fully saturated rings. The predicted molar refractivity (Wildman–Crippen MR) is 88.2 cm³/mol. The Hall–Kier alpha value is -0.390. The van der Waals surface area contributed by atoms with Gasteiger partial charge in [-0.25, -0.2) is 0 Å². The zero-order valence-corrected chi connectivity index (χ0v) is 13.5. The second kappa shape index (κ2) is 7.26. The summed E-state index contributed by atoms with van der Waals surface area (Å²) >= 11 is 4.13. The van der Waals surface area contributed by atoms with Crippen LogP contribution in [-0.2, 0) is 6.42 Å². The molecule has 18 heavy (non-hydrogen) atoms. The standard InChI is InChI=1S/C15H18INS/c1-2-17-15(8-3-12-9-10-18-11-12)13-4-6-14(16)7-5-13/h4-7,9-11,15,17H,2-3,8H2,1H3. The minimum absolute atomic E-state index is 0.465. The zero-order chi connectivity index (χ0) is 12.8. The number of hydrogen-bond donors (Lipinski definition) is 1. The Bertz CT molecular complexity index is 450. The highest BCUT2D eigenvalue weighted by molar-refractivity contribution is 14.1. The van der Waals surface area contributed by atoms with E-state index >= 15 is 0 Å². The fourth-order valence-corrected chi connectivity index (χ4v) is 3.14. The Morgan fingerprint density at radius 1 is 1.22 bits per heavy atom. The molecule has 1 unspecified atom stereocenters. The van der Waals surface area contributed by atoms with Gasteiger partial charge in [-0.3, -0.25) is 0 Å². The molecule has 2 aromatic rings. The fraction of sp³-hybridized carbons (Fsp3) is 0.333. The van der Waals surface area contributed by atoms with E-state index in [9.17, 15) is 0 Å². The summed E-state index contributed by atoms with van der Waals surface area (Å²) in [5.41, 5.74) is 2.85. The van der Waals surface area contributed by atoms with Crippen LogP contribution in [0.1, 0.15) is 30.5 Å². The maximum Gasteiger partial charge on any atom is 0.0323 e. The Morgan fingerprint density at radius 3 is 2.61 bits per heavy atom. The van der Waals surface area contributed by atoms with Gasteiger partial charge in [0.1, 0.15) is 0 Å². The summed E-state index contributed by atoms with van der Waals surface area (Å²) in [5, 5.41) is 7.98. The summed E-state index contributed by atoms with van der Waals surface area (Å²) in [4.78, 5) is 0. The van der Waals surface area contributed by atoms with Crippen LogP contribution in [0, 0.1) is 3.57 Å². The van der Waals surface area contributed by atoms with Crippen LogP contribution < -0.4 is 5.32 Å². The van der Waals surface area contributed by atoms with Gasteiger partial charge in [0.05, 0.1) is 0 Å². The van der Waals surface area contributed by atoms with Crippen LogP contribution in [0.2, 0.25) is 0 Å². The van der Waals surface area contributed by atoms with Crippen molar-refractivity contribution in [3.63, 3.8) is 0 Å². The first kappa shape index (κ1) is 14.0. The van der Waals surface area contributed by atoms with Gasteiger partial charge in [-0.05, 0) is 82.1 Å². The fourth-order valence-electron chi connectivity index (χ4n) is 2.07. The summed E-state index contributed by atoms with van der Waals surface area (Å²) in [7, 11) is 0.